The van der Waals surface area contributed by atoms with Crippen molar-refractivity contribution in [3.05, 3.63) is 143 Å². The highest BCUT2D eigenvalue weighted by molar-refractivity contribution is 5.33. The molecule has 4 aromatic rings. The molecule has 0 radical (unpaired) electrons. The first-order chi connectivity index (χ1) is 14.4. The van der Waals surface area contributed by atoms with Crippen LogP contribution in [0.5, 0.6) is 0 Å². The van der Waals surface area contributed by atoms with Gasteiger partial charge in [0.2, 0.25) is 0 Å². The zero-order valence-corrected chi connectivity index (χ0v) is 16.9. The third-order valence-corrected chi connectivity index (χ3v) is 5.69. The summed E-state index contributed by atoms with van der Waals surface area (Å²) >= 11 is 0. The fraction of sp³-hybridized carbons (Fsp3) is 0.172. The van der Waals surface area contributed by atoms with E-state index in [1.807, 2.05) is 0 Å². The van der Waals surface area contributed by atoms with Crippen LogP contribution in [-0.4, -0.2) is 0 Å². The predicted molar refractivity (Wildman–Crippen MR) is 123 cm³/mol. The van der Waals surface area contributed by atoms with Crippen LogP contribution in [0, 0.1) is 0 Å². The van der Waals surface area contributed by atoms with Crippen LogP contribution >= 0.6 is 0 Å². The monoisotopic (exact) mass is 376 g/mol. The van der Waals surface area contributed by atoms with Crippen molar-refractivity contribution in [1.82, 2.24) is 0 Å². The lowest BCUT2D eigenvalue weighted by Crippen LogP contribution is -2.03. The lowest BCUT2D eigenvalue weighted by Gasteiger charge is -2.18. The van der Waals surface area contributed by atoms with Crippen LogP contribution in [0.4, 0.5) is 0 Å². The number of benzene rings is 4. The van der Waals surface area contributed by atoms with Gasteiger partial charge in [-0.1, -0.05) is 115 Å². The summed E-state index contributed by atoms with van der Waals surface area (Å²) in [7, 11) is 0. The van der Waals surface area contributed by atoms with Gasteiger partial charge in [-0.3, -0.25) is 0 Å². The molecular weight excluding hydrogens is 348 g/mol. The van der Waals surface area contributed by atoms with Gasteiger partial charge in [0.05, 0.1) is 0 Å². The standard InChI is InChI=1S/C29H28/c1-4-10-24(11-5-1)16-17-25-18-20-26(21-19-25)22-23-29(27-12-6-2-7-13-27)28-14-8-3-9-15-28/h1-15,18-21,29H,16-17,22-23H2. The second kappa shape index (κ2) is 9.89. The molecule has 0 saturated heterocycles. The van der Waals surface area contributed by atoms with Gasteiger partial charge in [0, 0.05) is 5.92 Å². The Morgan fingerprint density at radius 3 is 1.24 bits per heavy atom. The van der Waals surface area contributed by atoms with Crippen molar-refractivity contribution in [2.45, 2.75) is 31.6 Å². The van der Waals surface area contributed by atoms with Crippen molar-refractivity contribution >= 4 is 0 Å². The molecule has 0 aromatic heterocycles. The molecule has 144 valence electrons. The van der Waals surface area contributed by atoms with Gasteiger partial charge in [-0.15, -0.1) is 0 Å². The smallest absolute Gasteiger partial charge is 0.00925 e. The van der Waals surface area contributed by atoms with Crippen molar-refractivity contribution in [1.29, 1.82) is 0 Å². The summed E-state index contributed by atoms with van der Waals surface area (Å²) in [5.41, 5.74) is 7.05. The van der Waals surface area contributed by atoms with E-state index in [4.69, 9.17) is 0 Å². The molecule has 0 bridgehead atoms. The zero-order chi connectivity index (χ0) is 19.7. The van der Waals surface area contributed by atoms with Gasteiger partial charge in [-0.2, -0.15) is 0 Å². The number of aryl methyl sites for hydroxylation is 3. The first-order valence-electron chi connectivity index (χ1n) is 10.6. The van der Waals surface area contributed by atoms with Crippen LogP contribution in [0.15, 0.2) is 115 Å². The minimum Gasteiger partial charge on any atom is -0.0622 e. The maximum atomic E-state index is 2.31. The summed E-state index contributed by atoms with van der Waals surface area (Å²) in [6.45, 7) is 0. The topological polar surface area (TPSA) is 0 Å². The zero-order valence-electron chi connectivity index (χ0n) is 16.9. The van der Waals surface area contributed by atoms with Crippen LogP contribution < -0.4 is 0 Å². The predicted octanol–water partition coefficient (Wildman–Crippen LogP) is 7.24. The Morgan fingerprint density at radius 1 is 0.379 bits per heavy atom. The largest absolute Gasteiger partial charge is 0.0622 e. The Kier molecular flexibility index (Phi) is 6.55. The average Bonchev–Trinajstić information content (AvgIpc) is 2.81. The van der Waals surface area contributed by atoms with Gasteiger partial charge < -0.3 is 0 Å². The maximum Gasteiger partial charge on any atom is 0.00925 e. The van der Waals surface area contributed by atoms with Crippen LogP contribution in [0.3, 0.4) is 0 Å². The Morgan fingerprint density at radius 2 is 0.759 bits per heavy atom. The quantitative estimate of drug-likeness (QED) is 0.304. The molecule has 0 nitrogen and oxygen atoms in total. The number of rotatable bonds is 8. The molecule has 0 aliphatic carbocycles. The Balaban J connectivity index is 1.40. The molecule has 4 aromatic carbocycles. The molecule has 0 aliphatic rings. The van der Waals surface area contributed by atoms with Crippen molar-refractivity contribution in [3.8, 4) is 0 Å². The third kappa shape index (κ3) is 5.45. The first-order valence-corrected chi connectivity index (χ1v) is 10.6. The molecule has 0 N–H and O–H groups in total. The molecule has 0 aliphatic heterocycles. The van der Waals surface area contributed by atoms with E-state index < -0.39 is 0 Å². The molecule has 4 rings (SSSR count). The lowest BCUT2D eigenvalue weighted by molar-refractivity contribution is 0.715. The lowest BCUT2D eigenvalue weighted by atomic mass is 9.86. The molecule has 0 spiro atoms. The molecule has 29 heavy (non-hydrogen) atoms. The molecule has 0 heteroatoms. The van der Waals surface area contributed by atoms with Gasteiger partial charge in [-0.05, 0) is 53.5 Å². The van der Waals surface area contributed by atoms with Crippen LogP contribution in [0.2, 0.25) is 0 Å². The van der Waals surface area contributed by atoms with E-state index >= 15 is 0 Å². The van der Waals surface area contributed by atoms with E-state index in [1.165, 1.54) is 27.8 Å². The van der Waals surface area contributed by atoms with Gasteiger partial charge >= 0.3 is 0 Å². The third-order valence-electron chi connectivity index (χ3n) is 5.69. The molecule has 0 fully saturated rings. The summed E-state index contributed by atoms with van der Waals surface area (Å²) < 4.78 is 0. The minimum absolute atomic E-state index is 0.440. The SMILES string of the molecule is c1ccc(CCc2ccc(CCC(c3ccccc3)c3ccccc3)cc2)cc1. The fourth-order valence-corrected chi connectivity index (χ4v) is 4.01. The number of hydrogen-bond donors (Lipinski definition) is 0. The molecule has 0 heterocycles. The molecular formula is C29H28. The summed E-state index contributed by atoms with van der Waals surface area (Å²) in [6.07, 6.45) is 4.41. The van der Waals surface area contributed by atoms with Gasteiger partial charge in [0.15, 0.2) is 0 Å². The second-order valence-electron chi connectivity index (χ2n) is 7.71. The van der Waals surface area contributed by atoms with E-state index in [9.17, 15) is 0 Å². The van der Waals surface area contributed by atoms with Crippen molar-refractivity contribution < 1.29 is 0 Å². The van der Waals surface area contributed by atoms with Crippen LogP contribution in [-0.2, 0) is 19.3 Å². The van der Waals surface area contributed by atoms with E-state index in [2.05, 4.69) is 115 Å². The fourth-order valence-electron chi connectivity index (χ4n) is 4.01. The maximum absolute atomic E-state index is 2.31. The average molecular weight is 377 g/mol. The Labute approximate surface area is 174 Å². The second-order valence-corrected chi connectivity index (χ2v) is 7.71. The van der Waals surface area contributed by atoms with E-state index in [0.717, 1.165) is 25.7 Å². The van der Waals surface area contributed by atoms with Gasteiger partial charge in [0.25, 0.3) is 0 Å². The van der Waals surface area contributed by atoms with E-state index in [0.29, 0.717) is 5.92 Å². The van der Waals surface area contributed by atoms with Crippen molar-refractivity contribution in [2.75, 3.05) is 0 Å². The van der Waals surface area contributed by atoms with Crippen LogP contribution in [0.25, 0.3) is 0 Å². The highest BCUT2D eigenvalue weighted by Crippen LogP contribution is 2.29. The van der Waals surface area contributed by atoms with Gasteiger partial charge in [-0.25, -0.2) is 0 Å². The molecule has 0 amide bonds. The van der Waals surface area contributed by atoms with Gasteiger partial charge in [0.1, 0.15) is 0 Å². The Hall–Kier alpha value is -3.12. The molecule has 0 unspecified atom stereocenters. The summed E-state index contributed by atoms with van der Waals surface area (Å²) in [4.78, 5) is 0. The van der Waals surface area contributed by atoms with Crippen molar-refractivity contribution in [2.24, 2.45) is 0 Å². The highest BCUT2D eigenvalue weighted by Gasteiger charge is 2.13. The van der Waals surface area contributed by atoms with Crippen LogP contribution in [0.1, 0.15) is 40.2 Å². The molecule has 0 atom stereocenters. The Bertz CT molecular complexity index is 931. The normalized spacial score (nSPS) is 10.9. The number of hydrogen-bond acceptors (Lipinski definition) is 0. The van der Waals surface area contributed by atoms with Crippen molar-refractivity contribution in [3.63, 3.8) is 0 Å². The summed E-state index contributed by atoms with van der Waals surface area (Å²) in [5.74, 6) is 0.440. The highest BCUT2D eigenvalue weighted by atomic mass is 14.2. The van der Waals surface area contributed by atoms with E-state index in [-0.39, 0.29) is 0 Å². The first kappa shape index (κ1) is 19.2. The minimum atomic E-state index is 0.440. The van der Waals surface area contributed by atoms with E-state index in [1.54, 1.807) is 0 Å². The molecule has 0 saturated carbocycles. The summed E-state index contributed by atoms with van der Waals surface area (Å²) in [6, 6.07) is 41.8. The summed E-state index contributed by atoms with van der Waals surface area (Å²) in [5, 5.41) is 0.